The van der Waals surface area contributed by atoms with Crippen LogP contribution >= 0.6 is 0 Å². The average Bonchev–Trinajstić information content (AvgIpc) is 2.78. The van der Waals surface area contributed by atoms with Gasteiger partial charge < -0.3 is 14.2 Å². The van der Waals surface area contributed by atoms with Gasteiger partial charge in [0.05, 0.1) is 18.3 Å². The maximum absolute atomic E-state index is 11.9. The molecule has 0 saturated heterocycles. The molecular weight excluding hydrogens is 388 g/mol. The van der Waals surface area contributed by atoms with Gasteiger partial charge in [-0.15, -0.1) is 0 Å². The molecule has 0 aliphatic carbocycles. The highest BCUT2D eigenvalue weighted by atomic mass is 16.7. The highest BCUT2D eigenvalue weighted by Gasteiger charge is 2.26. The molecular formula is C27H34O4. The van der Waals surface area contributed by atoms with Gasteiger partial charge in [-0.3, -0.25) is 4.79 Å². The largest absolute Gasteiger partial charge is 0.498 e. The molecule has 0 saturated carbocycles. The van der Waals surface area contributed by atoms with E-state index >= 15 is 0 Å². The fraction of sp³-hybridized carbons (Fsp3) is 0.296. The van der Waals surface area contributed by atoms with Gasteiger partial charge in [-0.2, -0.15) is 0 Å². The summed E-state index contributed by atoms with van der Waals surface area (Å²) in [6.07, 6.45) is 15.6. The van der Waals surface area contributed by atoms with Crippen LogP contribution in [-0.2, 0) is 19.0 Å². The lowest BCUT2D eigenvalue weighted by atomic mass is 9.91. The van der Waals surface area contributed by atoms with Crippen LogP contribution in [0.25, 0.3) is 6.08 Å². The summed E-state index contributed by atoms with van der Waals surface area (Å²) in [5.41, 5.74) is 2.24. The monoisotopic (exact) mass is 422 g/mol. The summed E-state index contributed by atoms with van der Waals surface area (Å²) in [4.78, 5) is 11.9. The molecule has 0 N–H and O–H groups in total. The first-order valence-electron chi connectivity index (χ1n) is 10.4. The number of carbonyl (C=O) groups excluding carboxylic acids is 1. The van der Waals surface area contributed by atoms with E-state index in [1.54, 1.807) is 12.3 Å². The van der Waals surface area contributed by atoms with Crippen molar-refractivity contribution >= 4 is 12.0 Å². The zero-order valence-corrected chi connectivity index (χ0v) is 18.9. The molecule has 1 aromatic rings. The van der Waals surface area contributed by atoms with Crippen molar-refractivity contribution in [2.45, 2.75) is 27.2 Å². The smallest absolute Gasteiger partial charge is 0.313 e. The molecule has 0 atom stereocenters. The third kappa shape index (κ3) is 11.0. The van der Waals surface area contributed by atoms with Gasteiger partial charge in [0, 0.05) is 5.57 Å². The van der Waals surface area contributed by atoms with Crippen LogP contribution in [0, 0.1) is 5.41 Å². The van der Waals surface area contributed by atoms with Crippen molar-refractivity contribution in [2.24, 2.45) is 5.41 Å². The molecule has 0 aliphatic rings. The maximum atomic E-state index is 11.9. The molecule has 0 bridgehead atoms. The molecule has 0 unspecified atom stereocenters. The molecule has 31 heavy (non-hydrogen) atoms. The molecule has 4 nitrogen and oxygen atoms in total. The molecule has 0 fully saturated rings. The first-order valence-corrected chi connectivity index (χ1v) is 10.4. The molecule has 0 amide bonds. The summed E-state index contributed by atoms with van der Waals surface area (Å²) in [6, 6.07) is 10.1. The summed E-state index contributed by atoms with van der Waals surface area (Å²) in [5.74, 6) is -0.267. The Bertz CT molecular complexity index is 811. The van der Waals surface area contributed by atoms with E-state index in [9.17, 15) is 4.79 Å². The number of hydrogen-bond acceptors (Lipinski definition) is 4. The van der Waals surface area contributed by atoms with E-state index < -0.39 is 5.41 Å². The Labute approximate surface area is 186 Å². The van der Waals surface area contributed by atoms with Crippen LogP contribution in [0.2, 0.25) is 0 Å². The number of carbonyl (C=O) groups is 1. The lowest BCUT2D eigenvalue weighted by molar-refractivity contribution is -0.167. The SMILES string of the molecule is C=C/C=C\C(=C)C(/C=C\C=C\c1ccccc1)=C\OCCOCOC(=O)C(C)(C)CC. The van der Waals surface area contributed by atoms with Gasteiger partial charge >= 0.3 is 5.97 Å². The molecule has 0 aliphatic heterocycles. The molecule has 0 heterocycles. The lowest BCUT2D eigenvalue weighted by Gasteiger charge is -2.20. The Balaban J connectivity index is 2.53. The molecule has 0 radical (unpaired) electrons. The highest BCUT2D eigenvalue weighted by Crippen LogP contribution is 2.21. The summed E-state index contributed by atoms with van der Waals surface area (Å²) in [7, 11) is 0. The number of benzene rings is 1. The third-order valence-corrected chi connectivity index (χ3v) is 4.55. The van der Waals surface area contributed by atoms with E-state index in [1.165, 1.54) is 0 Å². The van der Waals surface area contributed by atoms with Crippen molar-refractivity contribution in [3.05, 3.63) is 103 Å². The van der Waals surface area contributed by atoms with Gasteiger partial charge in [0.15, 0.2) is 6.79 Å². The number of allylic oxidation sites excluding steroid dienone is 8. The molecule has 166 valence electrons. The second-order valence-electron chi connectivity index (χ2n) is 7.39. The maximum Gasteiger partial charge on any atom is 0.313 e. The zero-order valence-electron chi connectivity index (χ0n) is 18.9. The third-order valence-electron chi connectivity index (χ3n) is 4.55. The summed E-state index contributed by atoms with van der Waals surface area (Å²) in [6.45, 7) is 13.9. The standard InChI is InChI=1S/C27H34O4/c1-6-8-14-23(3)25(18-13-12-17-24-15-10-9-11-16-24)21-29-19-20-30-22-31-26(28)27(4,5)7-2/h6,8-18,21H,1,3,7,19-20,22H2,2,4-5H3/b14-8-,17-12+,18-13-,25-21-. The Morgan fingerprint density at radius 1 is 1.06 bits per heavy atom. The van der Waals surface area contributed by atoms with Gasteiger partial charge in [0.2, 0.25) is 0 Å². The van der Waals surface area contributed by atoms with Gasteiger partial charge in [-0.05, 0) is 31.4 Å². The van der Waals surface area contributed by atoms with Crippen molar-refractivity contribution in [1.82, 2.24) is 0 Å². The topological polar surface area (TPSA) is 44.8 Å². The number of esters is 1. The predicted molar refractivity (Wildman–Crippen MR) is 128 cm³/mol. The Morgan fingerprint density at radius 2 is 1.81 bits per heavy atom. The minimum absolute atomic E-state index is 0.0822. The van der Waals surface area contributed by atoms with Crippen molar-refractivity contribution in [1.29, 1.82) is 0 Å². The van der Waals surface area contributed by atoms with E-state index in [4.69, 9.17) is 14.2 Å². The molecule has 4 heteroatoms. The highest BCUT2D eigenvalue weighted by molar-refractivity contribution is 5.75. The van der Waals surface area contributed by atoms with Crippen LogP contribution in [0.15, 0.2) is 97.4 Å². The van der Waals surface area contributed by atoms with Crippen LogP contribution in [-0.4, -0.2) is 26.0 Å². The van der Waals surface area contributed by atoms with Crippen molar-refractivity contribution in [2.75, 3.05) is 20.0 Å². The second-order valence-corrected chi connectivity index (χ2v) is 7.39. The number of hydrogen-bond donors (Lipinski definition) is 0. The molecule has 1 aromatic carbocycles. The van der Waals surface area contributed by atoms with E-state index in [-0.39, 0.29) is 12.8 Å². The van der Waals surface area contributed by atoms with E-state index in [2.05, 4.69) is 13.2 Å². The molecule has 0 aromatic heterocycles. The van der Waals surface area contributed by atoms with Crippen molar-refractivity contribution in [3.8, 4) is 0 Å². The molecule has 0 spiro atoms. The fourth-order valence-corrected chi connectivity index (χ4v) is 2.14. The van der Waals surface area contributed by atoms with E-state index in [0.717, 1.165) is 16.7 Å². The van der Waals surface area contributed by atoms with Gasteiger partial charge in [-0.25, -0.2) is 0 Å². The van der Waals surface area contributed by atoms with Gasteiger partial charge in [0.25, 0.3) is 0 Å². The van der Waals surface area contributed by atoms with Crippen molar-refractivity contribution in [3.63, 3.8) is 0 Å². The molecule has 1 rings (SSSR count). The number of rotatable bonds is 14. The van der Waals surface area contributed by atoms with Crippen molar-refractivity contribution < 1.29 is 19.0 Å². The van der Waals surface area contributed by atoms with Crippen LogP contribution in [0.5, 0.6) is 0 Å². The predicted octanol–water partition coefficient (Wildman–Crippen LogP) is 6.41. The van der Waals surface area contributed by atoms with Gasteiger partial charge in [-0.1, -0.05) is 92.9 Å². The average molecular weight is 423 g/mol. The van der Waals surface area contributed by atoms with E-state index in [0.29, 0.717) is 19.6 Å². The van der Waals surface area contributed by atoms with Crippen LogP contribution in [0.1, 0.15) is 32.8 Å². The Morgan fingerprint density at radius 3 is 2.48 bits per heavy atom. The first kappa shape index (κ1) is 25.9. The lowest BCUT2D eigenvalue weighted by Crippen LogP contribution is -2.26. The number of ether oxygens (including phenoxy) is 3. The second kappa shape index (κ2) is 14.8. The first-order chi connectivity index (χ1) is 14.9. The Kier molecular flexibility index (Phi) is 12.4. The van der Waals surface area contributed by atoms with Crippen LogP contribution in [0.3, 0.4) is 0 Å². The summed E-state index contributed by atoms with van der Waals surface area (Å²) in [5, 5.41) is 0. The minimum atomic E-state index is -0.502. The zero-order chi connectivity index (χ0) is 23.0. The normalized spacial score (nSPS) is 12.5. The van der Waals surface area contributed by atoms with Crippen LogP contribution in [0.4, 0.5) is 0 Å². The van der Waals surface area contributed by atoms with Gasteiger partial charge in [0.1, 0.15) is 6.61 Å². The van der Waals surface area contributed by atoms with Crippen LogP contribution < -0.4 is 0 Å². The van der Waals surface area contributed by atoms with E-state index in [1.807, 2.05) is 87.6 Å². The Hall–Kier alpha value is -3.11. The quantitative estimate of drug-likeness (QED) is 0.114. The fourth-order valence-electron chi connectivity index (χ4n) is 2.14. The minimum Gasteiger partial charge on any atom is -0.498 e. The summed E-state index contributed by atoms with van der Waals surface area (Å²) >= 11 is 0. The summed E-state index contributed by atoms with van der Waals surface area (Å²) < 4.78 is 16.0.